The summed E-state index contributed by atoms with van der Waals surface area (Å²) in [7, 11) is 0. The molecule has 1 aromatic rings. The van der Waals surface area contributed by atoms with E-state index in [0.717, 1.165) is 45.0 Å². The van der Waals surface area contributed by atoms with Gasteiger partial charge in [-0.1, -0.05) is 17.7 Å². The van der Waals surface area contributed by atoms with Gasteiger partial charge in [0.2, 0.25) is 0 Å². The Bertz CT molecular complexity index is 363. The third kappa shape index (κ3) is 5.53. The molecule has 1 aliphatic heterocycles. The van der Waals surface area contributed by atoms with E-state index in [4.69, 9.17) is 10.5 Å². The minimum atomic E-state index is 0.0224. The largest absolute Gasteiger partial charge is 0.379 e. The molecule has 4 heteroatoms. The fraction of sp³-hybridized carbons (Fsp3) is 0.600. The summed E-state index contributed by atoms with van der Waals surface area (Å²) in [6, 6.07) is 8.59. The van der Waals surface area contributed by atoms with Gasteiger partial charge in [0, 0.05) is 29.8 Å². The maximum Gasteiger partial charge on any atom is 0.0594 e. The van der Waals surface area contributed by atoms with Gasteiger partial charge in [0.25, 0.3) is 0 Å². The summed E-state index contributed by atoms with van der Waals surface area (Å²) in [6.07, 6.45) is 0.957. The number of nitrogens with zero attached hydrogens (tertiary/aromatic N) is 1. The fourth-order valence-corrected chi connectivity index (χ4v) is 2.97. The second-order valence-corrected chi connectivity index (χ2v) is 6.16. The van der Waals surface area contributed by atoms with Crippen LogP contribution >= 0.6 is 11.8 Å². The van der Waals surface area contributed by atoms with Crippen molar-refractivity contribution in [3.05, 3.63) is 29.8 Å². The van der Waals surface area contributed by atoms with E-state index in [1.807, 2.05) is 0 Å². The molecule has 0 unspecified atom stereocenters. The number of benzene rings is 1. The first-order chi connectivity index (χ1) is 9.24. The van der Waals surface area contributed by atoms with E-state index in [1.54, 1.807) is 11.8 Å². The SMILES string of the molecule is Cc1ccc(SC[C@H]([NH])CCN2CCOCC2)cc1. The van der Waals surface area contributed by atoms with Crippen molar-refractivity contribution in [2.45, 2.75) is 24.3 Å². The molecular weight excluding hydrogens is 256 g/mol. The van der Waals surface area contributed by atoms with Crippen molar-refractivity contribution in [1.29, 1.82) is 0 Å². The monoisotopic (exact) mass is 279 g/mol. The van der Waals surface area contributed by atoms with Crippen molar-refractivity contribution < 1.29 is 4.74 Å². The molecule has 0 bridgehead atoms. The van der Waals surface area contributed by atoms with Gasteiger partial charge in [0.1, 0.15) is 0 Å². The summed E-state index contributed by atoms with van der Waals surface area (Å²) in [4.78, 5) is 3.68. The first kappa shape index (κ1) is 14.9. The smallest absolute Gasteiger partial charge is 0.0594 e. The molecule has 1 aromatic carbocycles. The number of ether oxygens (including phenoxy) is 1. The minimum absolute atomic E-state index is 0.0224. The molecule has 1 aliphatic rings. The van der Waals surface area contributed by atoms with Crippen LogP contribution in [0.2, 0.25) is 0 Å². The Morgan fingerprint density at radius 2 is 1.95 bits per heavy atom. The average molecular weight is 279 g/mol. The Morgan fingerprint density at radius 1 is 1.26 bits per heavy atom. The van der Waals surface area contributed by atoms with E-state index in [9.17, 15) is 0 Å². The predicted molar refractivity (Wildman–Crippen MR) is 80.7 cm³/mol. The molecule has 0 aromatic heterocycles. The van der Waals surface area contributed by atoms with Gasteiger partial charge in [0.15, 0.2) is 0 Å². The van der Waals surface area contributed by atoms with Gasteiger partial charge in [-0.25, -0.2) is 0 Å². The molecule has 2 rings (SSSR count). The number of hydrogen-bond donors (Lipinski definition) is 0. The Morgan fingerprint density at radius 3 is 2.63 bits per heavy atom. The zero-order chi connectivity index (χ0) is 13.5. The Balaban J connectivity index is 1.63. The van der Waals surface area contributed by atoms with E-state index >= 15 is 0 Å². The summed E-state index contributed by atoms with van der Waals surface area (Å²) >= 11 is 1.79. The van der Waals surface area contributed by atoms with E-state index in [0.29, 0.717) is 0 Å². The molecule has 0 saturated carbocycles. The molecular formula is C15H23N2OS. The molecule has 1 fully saturated rings. The topological polar surface area (TPSA) is 36.3 Å². The van der Waals surface area contributed by atoms with Gasteiger partial charge in [0.05, 0.1) is 13.2 Å². The Labute approximate surface area is 120 Å². The molecule has 0 aliphatic carbocycles. The number of nitrogens with one attached hydrogen (secondary N) is 1. The number of rotatable bonds is 6. The zero-order valence-electron chi connectivity index (χ0n) is 11.6. The first-order valence-corrected chi connectivity index (χ1v) is 7.93. The Hall–Kier alpha value is -0.550. The van der Waals surface area contributed by atoms with Crippen LogP contribution in [0.3, 0.4) is 0 Å². The first-order valence-electron chi connectivity index (χ1n) is 6.95. The van der Waals surface area contributed by atoms with Crippen LogP contribution in [0.5, 0.6) is 0 Å². The summed E-state index contributed by atoms with van der Waals surface area (Å²) in [5.41, 5.74) is 9.39. The molecule has 19 heavy (non-hydrogen) atoms. The lowest BCUT2D eigenvalue weighted by atomic mass is 10.2. The third-order valence-electron chi connectivity index (χ3n) is 3.37. The predicted octanol–water partition coefficient (Wildman–Crippen LogP) is 2.46. The van der Waals surface area contributed by atoms with Crippen molar-refractivity contribution in [2.75, 3.05) is 38.6 Å². The van der Waals surface area contributed by atoms with Crippen molar-refractivity contribution in [3.63, 3.8) is 0 Å². The highest BCUT2D eigenvalue weighted by Gasteiger charge is 2.12. The maximum atomic E-state index is 8.10. The minimum Gasteiger partial charge on any atom is -0.379 e. The highest BCUT2D eigenvalue weighted by molar-refractivity contribution is 7.99. The van der Waals surface area contributed by atoms with Crippen LogP contribution in [0.1, 0.15) is 12.0 Å². The van der Waals surface area contributed by atoms with E-state index in [2.05, 4.69) is 36.1 Å². The van der Waals surface area contributed by atoms with E-state index in [1.165, 1.54) is 10.5 Å². The number of thioether (sulfide) groups is 1. The van der Waals surface area contributed by atoms with Gasteiger partial charge in [-0.15, -0.1) is 11.8 Å². The van der Waals surface area contributed by atoms with Crippen LogP contribution in [-0.2, 0) is 4.74 Å². The normalized spacial score (nSPS) is 18.4. The lowest BCUT2D eigenvalue weighted by Crippen LogP contribution is -2.38. The van der Waals surface area contributed by atoms with Gasteiger partial charge in [-0.3, -0.25) is 10.6 Å². The molecule has 1 saturated heterocycles. The van der Waals surface area contributed by atoms with Gasteiger partial charge >= 0.3 is 0 Å². The van der Waals surface area contributed by atoms with Crippen LogP contribution in [0.15, 0.2) is 29.2 Å². The molecule has 0 spiro atoms. The molecule has 0 amide bonds. The van der Waals surface area contributed by atoms with Gasteiger partial charge in [-0.05, 0) is 32.0 Å². The zero-order valence-corrected chi connectivity index (χ0v) is 12.4. The van der Waals surface area contributed by atoms with Crippen LogP contribution in [0, 0.1) is 6.92 Å². The van der Waals surface area contributed by atoms with E-state index < -0.39 is 0 Å². The standard InChI is InChI=1S/C15H23N2OS/c1-13-2-4-15(5-3-13)19-12-14(16)6-7-17-8-10-18-11-9-17/h2-5,14,16H,6-12H2,1H3/t14-/m1/s1. The summed E-state index contributed by atoms with van der Waals surface area (Å²) in [5.74, 6) is 0.882. The van der Waals surface area contributed by atoms with Gasteiger partial charge < -0.3 is 4.74 Å². The summed E-state index contributed by atoms with van der Waals surface area (Å²) in [6.45, 7) is 6.88. The average Bonchev–Trinajstić information content (AvgIpc) is 2.45. The van der Waals surface area contributed by atoms with Crippen LogP contribution in [0.4, 0.5) is 0 Å². The van der Waals surface area contributed by atoms with Crippen molar-refractivity contribution in [3.8, 4) is 0 Å². The molecule has 3 nitrogen and oxygen atoms in total. The molecule has 1 atom stereocenters. The van der Waals surface area contributed by atoms with Crippen molar-refractivity contribution in [2.24, 2.45) is 0 Å². The molecule has 105 valence electrons. The van der Waals surface area contributed by atoms with Crippen molar-refractivity contribution >= 4 is 11.8 Å². The Kier molecular flexibility index (Phi) is 6.17. The van der Waals surface area contributed by atoms with Crippen LogP contribution < -0.4 is 5.73 Å². The lowest BCUT2D eigenvalue weighted by Gasteiger charge is -2.27. The summed E-state index contributed by atoms with van der Waals surface area (Å²) < 4.78 is 5.33. The van der Waals surface area contributed by atoms with E-state index in [-0.39, 0.29) is 6.04 Å². The van der Waals surface area contributed by atoms with Crippen LogP contribution in [0.25, 0.3) is 0 Å². The third-order valence-corrected chi connectivity index (χ3v) is 4.54. The highest BCUT2D eigenvalue weighted by Crippen LogP contribution is 2.19. The second-order valence-electron chi connectivity index (χ2n) is 5.06. The second kappa shape index (κ2) is 7.90. The summed E-state index contributed by atoms with van der Waals surface area (Å²) in [5, 5.41) is 0. The van der Waals surface area contributed by atoms with Crippen LogP contribution in [-0.4, -0.2) is 49.5 Å². The van der Waals surface area contributed by atoms with Gasteiger partial charge in [-0.2, -0.15) is 0 Å². The quantitative estimate of drug-likeness (QED) is 0.751. The molecule has 1 N–H and O–H groups in total. The van der Waals surface area contributed by atoms with Crippen molar-refractivity contribution in [1.82, 2.24) is 10.6 Å². The number of morpholine rings is 1. The highest BCUT2D eigenvalue weighted by atomic mass is 32.2. The fourth-order valence-electron chi connectivity index (χ4n) is 2.08. The maximum absolute atomic E-state index is 8.10. The lowest BCUT2D eigenvalue weighted by molar-refractivity contribution is 0.0368. The number of hydrogen-bond acceptors (Lipinski definition) is 3. The molecule has 1 heterocycles. The number of aryl methyl sites for hydroxylation is 1. The molecule has 1 radical (unpaired) electrons.